The van der Waals surface area contributed by atoms with Crippen LogP contribution in [-0.4, -0.2) is 31.3 Å². The highest BCUT2D eigenvalue weighted by Gasteiger charge is 2.08. The lowest BCUT2D eigenvalue weighted by molar-refractivity contribution is 0.192. The Morgan fingerprint density at radius 3 is 2.96 bits per heavy atom. The number of benzene rings is 1. The van der Waals surface area contributed by atoms with Gasteiger partial charge in [0.2, 0.25) is 0 Å². The lowest BCUT2D eigenvalue weighted by Gasteiger charge is -2.05. The van der Waals surface area contributed by atoms with Crippen molar-refractivity contribution < 1.29 is 13.9 Å². The zero-order valence-corrected chi connectivity index (χ0v) is 14.7. The molecule has 1 aromatic heterocycles. The van der Waals surface area contributed by atoms with Crippen molar-refractivity contribution in [2.75, 3.05) is 25.6 Å². The van der Waals surface area contributed by atoms with Crippen LogP contribution in [0, 0.1) is 12.7 Å². The molecule has 0 bridgehead atoms. The van der Waals surface area contributed by atoms with Gasteiger partial charge in [0.15, 0.2) is 5.13 Å². The van der Waals surface area contributed by atoms with Gasteiger partial charge in [0.25, 0.3) is 0 Å². The molecule has 2 aromatic rings. The van der Waals surface area contributed by atoms with Crippen LogP contribution in [0.25, 0.3) is 0 Å². The quantitative estimate of drug-likeness (QED) is 0.712. The molecule has 0 saturated carbocycles. The maximum atomic E-state index is 13.6. The highest BCUT2D eigenvalue weighted by Crippen LogP contribution is 2.22. The zero-order chi connectivity index (χ0) is 17.4. The van der Waals surface area contributed by atoms with Gasteiger partial charge in [-0.05, 0) is 37.0 Å². The van der Waals surface area contributed by atoms with E-state index in [2.05, 4.69) is 15.6 Å². The van der Waals surface area contributed by atoms with Crippen LogP contribution in [0.15, 0.2) is 24.4 Å². The zero-order valence-electron chi connectivity index (χ0n) is 13.9. The Hall–Kier alpha value is -1.99. The molecule has 0 spiro atoms. The molecule has 1 aromatic carbocycles. The first kappa shape index (κ1) is 18.4. The van der Waals surface area contributed by atoms with E-state index in [9.17, 15) is 9.18 Å². The first-order valence-electron chi connectivity index (χ1n) is 7.82. The summed E-state index contributed by atoms with van der Waals surface area (Å²) >= 11 is 1.39. The lowest BCUT2D eigenvalue weighted by atomic mass is 10.1. The van der Waals surface area contributed by atoms with E-state index in [1.54, 1.807) is 26.3 Å². The number of methoxy groups -OCH3 is 1. The van der Waals surface area contributed by atoms with Crippen molar-refractivity contribution >= 4 is 22.5 Å². The number of carbonyl (C=O) groups is 1. The van der Waals surface area contributed by atoms with Crippen molar-refractivity contribution in [3.63, 3.8) is 0 Å². The summed E-state index contributed by atoms with van der Waals surface area (Å²) in [6.07, 6.45) is 4.07. The predicted molar refractivity (Wildman–Crippen MR) is 94.2 cm³/mol. The predicted octanol–water partition coefficient (Wildman–Crippen LogP) is 3.73. The normalized spacial score (nSPS) is 10.6. The molecule has 0 fully saturated rings. The molecule has 0 aliphatic rings. The van der Waals surface area contributed by atoms with Crippen LogP contribution in [0.3, 0.4) is 0 Å². The maximum Gasteiger partial charge on any atom is 0.321 e. The smallest absolute Gasteiger partial charge is 0.321 e. The Balaban J connectivity index is 1.80. The van der Waals surface area contributed by atoms with E-state index in [-0.39, 0.29) is 11.8 Å². The highest BCUT2D eigenvalue weighted by atomic mass is 32.1. The van der Waals surface area contributed by atoms with E-state index in [1.807, 2.05) is 6.07 Å². The van der Waals surface area contributed by atoms with Gasteiger partial charge in [0.1, 0.15) is 5.82 Å². The second-order valence-corrected chi connectivity index (χ2v) is 6.59. The Kier molecular flexibility index (Phi) is 7.14. The molecule has 0 aliphatic carbocycles. The summed E-state index contributed by atoms with van der Waals surface area (Å²) in [4.78, 5) is 16.9. The number of thiazole rings is 1. The molecule has 2 N–H and O–H groups in total. The molecule has 0 atom stereocenters. The lowest BCUT2D eigenvalue weighted by Crippen LogP contribution is -2.29. The van der Waals surface area contributed by atoms with Gasteiger partial charge in [-0.25, -0.2) is 14.2 Å². The summed E-state index contributed by atoms with van der Waals surface area (Å²) in [5.74, 6) is -0.205. The molecule has 2 rings (SSSR count). The summed E-state index contributed by atoms with van der Waals surface area (Å²) in [7, 11) is 1.66. The summed E-state index contributed by atoms with van der Waals surface area (Å²) in [5, 5.41) is 6.02. The van der Waals surface area contributed by atoms with E-state index in [4.69, 9.17) is 4.74 Å². The number of nitrogens with one attached hydrogen (secondary N) is 2. The van der Waals surface area contributed by atoms with Gasteiger partial charge in [0.05, 0.1) is 0 Å². The monoisotopic (exact) mass is 351 g/mol. The van der Waals surface area contributed by atoms with Gasteiger partial charge >= 0.3 is 6.03 Å². The van der Waals surface area contributed by atoms with Crippen LogP contribution in [0.4, 0.5) is 14.3 Å². The van der Waals surface area contributed by atoms with Crippen LogP contribution < -0.4 is 10.6 Å². The molecule has 2 amide bonds. The number of hydrogen-bond donors (Lipinski definition) is 2. The number of anilines is 1. The van der Waals surface area contributed by atoms with E-state index in [0.29, 0.717) is 30.3 Å². The molecule has 7 heteroatoms. The molecule has 130 valence electrons. The van der Waals surface area contributed by atoms with Gasteiger partial charge in [-0.3, -0.25) is 5.32 Å². The number of urea groups is 1. The number of unbranched alkanes of at least 4 members (excludes halogenated alkanes) is 1. The fourth-order valence-corrected chi connectivity index (χ4v) is 2.95. The minimum absolute atomic E-state index is 0.205. The first-order valence-corrected chi connectivity index (χ1v) is 8.63. The van der Waals surface area contributed by atoms with Crippen molar-refractivity contribution in [3.05, 3.63) is 46.2 Å². The van der Waals surface area contributed by atoms with Crippen molar-refractivity contribution in [1.29, 1.82) is 0 Å². The van der Waals surface area contributed by atoms with Crippen molar-refractivity contribution in [2.45, 2.75) is 26.2 Å². The molecule has 5 nitrogen and oxygen atoms in total. The van der Waals surface area contributed by atoms with Gasteiger partial charge in [-0.15, -0.1) is 11.3 Å². The number of ether oxygens (including phenoxy) is 1. The number of aryl methyl sites for hydroxylation is 1. The third-order valence-corrected chi connectivity index (χ3v) is 4.36. The second-order valence-electron chi connectivity index (χ2n) is 5.47. The summed E-state index contributed by atoms with van der Waals surface area (Å²) in [5.41, 5.74) is 1.52. The van der Waals surface area contributed by atoms with Crippen molar-refractivity contribution in [2.24, 2.45) is 0 Å². The summed E-state index contributed by atoms with van der Waals surface area (Å²) in [6.45, 7) is 3.02. The molecular formula is C17H22FN3O2S. The van der Waals surface area contributed by atoms with Crippen LogP contribution >= 0.6 is 11.3 Å². The van der Waals surface area contributed by atoms with Crippen molar-refractivity contribution in [3.8, 4) is 0 Å². The van der Waals surface area contributed by atoms with Gasteiger partial charge < -0.3 is 10.1 Å². The van der Waals surface area contributed by atoms with Crippen LogP contribution in [0.5, 0.6) is 0 Å². The molecule has 1 heterocycles. The largest absolute Gasteiger partial charge is 0.385 e. The number of rotatable bonds is 8. The molecule has 0 unspecified atom stereocenters. The van der Waals surface area contributed by atoms with E-state index in [0.717, 1.165) is 23.3 Å². The molecule has 24 heavy (non-hydrogen) atoms. The number of carbonyl (C=O) groups excluding carboxylic acids is 1. The standard InChI is InChI=1S/C17H22FN3O2S/c1-12-5-6-13(10-15(12)18)9-14-11-20-17(24-14)21-16(22)19-7-3-4-8-23-2/h5-6,10-11H,3-4,7-9H2,1-2H3,(H2,19,20,21,22). The third-order valence-electron chi connectivity index (χ3n) is 3.45. The molecule has 0 radical (unpaired) electrons. The van der Waals surface area contributed by atoms with E-state index >= 15 is 0 Å². The number of amides is 2. The number of aromatic nitrogens is 1. The Morgan fingerprint density at radius 1 is 1.38 bits per heavy atom. The van der Waals surface area contributed by atoms with Gasteiger partial charge in [-0.2, -0.15) is 0 Å². The SMILES string of the molecule is COCCCCNC(=O)Nc1ncc(Cc2ccc(C)c(F)c2)s1. The number of nitrogens with zero attached hydrogens (tertiary/aromatic N) is 1. The number of halogens is 1. The minimum atomic E-state index is -0.269. The summed E-state index contributed by atoms with van der Waals surface area (Å²) < 4.78 is 18.5. The van der Waals surface area contributed by atoms with Crippen LogP contribution in [0.2, 0.25) is 0 Å². The Bertz CT molecular complexity index is 676. The van der Waals surface area contributed by atoms with Gasteiger partial charge in [-0.1, -0.05) is 12.1 Å². The van der Waals surface area contributed by atoms with Crippen LogP contribution in [-0.2, 0) is 11.2 Å². The molecular weight excluding hydrogens is 329 g/mol. The van der Waals surface area contributed by atoms with E-state index in [1.165, 1.54) is 17.4 Å². The minimum Gasteiger partial charge on any atom is -0.385 e. The molecule has 0 aliphatic heterocycles. The summed E-state index contributed by atoms with van der Waals surface area (Å²) in [6, 6.07) is 4.93. The number of hydrogen-bond acceptors (Lipinski definition) is 4. The van der Waals surface area contributed by atoms with Gasteiger partial charge in [0, 0.05) is 37.8 Å². The fourth-order valence-electron chi connectivity index (χ4n) is 2.11. The average Bonchev–Trinajstić information content (AvgIpc) is 2.97. The second kappa shape index (κ2) is 9.34. The Labute approximate surface area is 145 Å². The van der Waals surface area contributed by atoms with Crippen LogP contribution in [0.1, 0.15) is 28.8 Å². The third kappa shape index (κ3) is 5.90. The topological polar surface area (TPSA) is 63.2 Å². The fraction of sp³-hybridized carbons (Fsp3) is 0.412. The average molecular weight is 351 g/mol. The Morgan fingerprint density at radius 2 is 2.21 bits per heavy atom. The van der Waals surface area contributed by atoms with E-state index < -0.39 is 0 Å². The van der Waals surface area contributed by atoms with Crippen molar-refractivity contribution in [1.82, 2.24) is 10.3 Å². The maximum absolute atomic E-state index is 13.6. The molecule has 0 saturated heterocycles. The highest BCUT2D eigenvalue weighted by molar-refractivity contribution is 7.15. The first-order chi connectivity index (χ1) is 11.6.